The Kier molecular flexibility index (Phi) is 6.36. The minimum Gasteiger partial charge on any atom is -0.465 e. The second-order valence-electron chi connectivity index (χ2n) is 5.70. The zero-order valence-corrected chi connectivity index (χ0v) is 14.2. The van der Waals surface area contributed by atoms with E-state index in [9.17, 15) is 13.2 Å². The third-order valence-electron chi connectivity index (χ3n) is 3.88. The first-order valence-electron chi connectivity index (χ1n) is 7.83. The lowest BCUT2D eigenvalue weighted by Crippen LogP contribution is -2.26. The SMILES string of the molecule is COC(=O)c1ccc(CS(=O)(=O)NCCC2=CCCCC2)cc1. The van der Waals surface area contributed by atoms with Crippen LogP contribution in [-0.2, 0) is 20.5 Å². The molecule has 0 aliphatic heterocycles. The van der Waals surface area contributed by atoms with Crippen LogP contribution in [0, 0.1) is 0 Å². The molecule has 0 unspecified atom stereocenters. The Balaban J connectivity index is 1.85. The summed E-state index contributed by atoms with van der Waals surface area (Å²) in [6, 6.07) is 6.41. The van der Waals surface area contributed by atoms with Crippen LogP contribution < -0.4 is 4.72 Å². The molecule has 5 nitrogen and oxygen atoms in total. The van der Waals surface area contributed by atoms with Crippen molar-refractivity contribution in [2.45, 2.75) is 37.9 Å². The number of carbonyl (C=O) groups excluding carboxylic acids is 1. The van der Waals surface area contributed by atoms with Crippen molar-refractivity contribution in [1.29, 1.82) is 0 Å². The Morgan fingerprint density at radius 2 is 1.96 bits per heavy atom. The molecule has 1 aliphatic carbocycles. The van der Waals surface area contributed by atoms with Gasteiger partial charge < -0.3 is 4.74 Å². The first kappa shape index (κ1) is 17.7. The number of hydrogen-bond donors (Lipinski definition) is 1. The molecule has 1 aliphatic rings. The van der Waals surface area contributed by atoms with E-state index in [-0.39, 0.29) is 5.75 Å². The van der Waals surface area contributed by atoms with E-state index >= 15 is 0 Å². The van der Waals surface area contributed by atoms with Gasteiger partial charge in [0.15, 0.2) is 0 Å². The van der Waals surface area contributed by atoms with Gasteiger partial charge in [0.25, 0.3) is 0 Å². The van der Waals surface area contributed by atoms with Gasteiger partial charge in [-0.05, 0) is 49.8 Å². The predicted molar refractivity (Wildman–Crippen MR) is 89.6 cm³/mol. The number of methoxy groups -OCH3 is 1. The molecular formula is C17H23NO4S. The summed E-state index contributed by atoms with van der Waals surface area (Å²) in [4.78, 5) is 11.3. The Labute approximate surface area is 137 Å². The summed E-state index contributed by atoms with van der Waals surface area (Å²) < 4.78 is 31.4. The second-order valence-corrected chi connectivity index (χ2v) is 7.51. The van der Waals surface area contributed by atoms with E-state index in [1.54, 1.807) is 24.3 Å². The summed E-state index contributed by atoms with van der Waals surface area (Å²) in [7, 11) is -2.06. The first-order valence-corrected chi connectivity index (χ1v) is 9.48. The van der Waals surface area contributed by atoms with Gasteiger partial charge in [-0.15, -0.1) is 0 Å². The quantitative estimate of drug-likeness (QED) is 0.613. The number of carbonyl (C=O) groups is 1. The van der Waals surface area contributed by atoms with Gasteiger partial charge >= 0.3 is 5.97 Å². The monoisotopic (exact) mass is 337 g/mol. The molecular weight excluding hydrogens is 314 g/mol. The number of sulfonamides is 1. The number of benzene rings is 1. The third-order valence-corrected chi connectivity index (χ3v) is 5.24. The van der Waals surface area contributed by atoms with Gasteiger partial charge in [-0.25, -0.2) is 17.9 Å². The van der Waals surface area contributed by atoms with Gasteiger partial charge in [0.2, 0.25) is 10.0 Å². The zero-order chi connectivity index (χ0) is 16.7. The lowest BCUT2D eigenvalue weighted by Gasteiger charge is -2.13. The summed E-state index contributed by atoms with van der Waals surface area (Å²) in [5.41, 5.74) is 2.40. The van der Waals surface area contributed by atoms with Crippen molar-refractivity contribution in [3.8, 4) is 0 Å². The van der Waals surface area contributed by atoms with E-state index in [2.05, 4.69) is 15.5 Å². The van der Waals surface area contributed by atoms with Crippen molar-refractivity contribution in [3.05, 3.63) is 47.0 Å². The van der Waals surface area contributed by atoms with Crippen LogP contribution in [0.2, 0.25) is 0 Å². The minimum absolute atomic E-state index is 0.0898. The highest BCUT2D eigenvalue weighted by Gasteiger charge is 2.13. The van der Waals surface area contributed by atoms with E-state index in [0.717, 1.165) is 19.3 Å². The number of ether oxygens (including phenoxy) is 1. The minimum atomic E-state index is -3.37. The average molecular weight is 337 g/mol. The Morgan fingerprint density at radius 3 is 2.57 bits per heavy atom. The van der Waals surface area contributed by atoms with Crippen LogP contribution >= 0.6 is 0 Å². The van der Waals surface area contributed by atoms with Crippen LogP contribution in [0.25, 0.3) is 0 Å². The lowest BCUT2D eigenvalue weighted by molar-refractivity contribution is 0.0600. The number of esters is 1. The molecule has 0 saturated heterocycles. The van der Waals surface area contributed by atoms with E-state index in [1.807, 2.05) is 0 Å². The number of allylic oxidation sites excluding steroid dienone is 1. The fourth-order valence-corrected chi connectivity index (χ4v) is 3.77. The van der Waals surface area contributed by atoms with Crippen LogP contribution in [0.1, 0.15) is 48.0 Å². The molecule has 0 spiro atoms. The zero-order valence-electron chi connectivity index (χ0n) is 13.4. The standard InChI is InChI=1S/C17H23NO4S/c1-22-17(19)16-9-7-15(8-10-16)13-23(20,21)18-12-11-14-5-3-2-4-6-14/h5,7-10,18H,2-4,6,11-13H2,1H3. The van der Waals surface area contributed by atoms with Crippen LogP contribution in [0.4, 0.5) is 0 Å². The van der Waals surface area contributed by atoms with Crippen LogP contribution in [0.5, 0.6) is 0 Å². The lowest BCUT2D eigenvalue weighted by atomic mass is 9.97. The van der Waals surface area contributed by atoms with Crippen LogP contribution in [0.15, 0.2) is 35.9 Å². The fraction of sp³-hybridized carbons (Fsp3) is 0.471. The summed E-state index contributed by atoms with van der Waals surface area (Å²) in [6.07, 6.45) is 7.62. The van der Waals surface area contributed by atoms with Crippen molar-refractivity contribution < 1.29 is 17.9 Å². The normalized spacial score (nSPS) is 15.1. The topological polar surface area (TPSA) is 72.5 Å². The van der Waals surface area contributed by atoms with E-state index in [0.29, 0.717) is 17.7 Å². The molecule has 1 N–H and O–H groups in total. The van der Waals surface area contributed by atoms with Crippen molar-refractivity contribution in [1.82, 2.24) is 4.72 Å². The molecule has 126 valence electrons. The summed E-state index contributed by atoms with van der Waals surface area (Å²) in [5.74, 6) is -0.522. The van der Waals surface area contributed by atoms with Gasteiger partial charge in [-0.3, -0.25) is 0 Å². The summed E-state index contributed by atoms with van der Waals surface area (Å²) >= 11 is 0. The summed E-state index contributed by atoms with van der Waals surface area (Å²) in [5, 5.41) is 0. The molecule has 0 atom stereocenters. The van der Waals surface area contributed by atoms with Crippen molar-refractivity contribution in [2.75, 3.05) is 13.7 Å². The maximum Gasteiger partial charge on any atom is 0.337 e. The molecule has 0 radical (unpaired) electrons. The maximum atomic E-state index is 12.1. The van der Waals surface area contributed by atoms with E-state index in [1.165, 1.54) is 25.5 Å². The largest absolute Gasteiger partial charge is 0.465 e. The number of hydrogen-bond acceptors (Lipinski definition) is 4. The molecule has 0 fully saturated rings. The molecule has 1 aromatic carbocycles. The van der Waals surface area contributed by atoms with Gasteiger partial charge in [0.05, 0.1) is 18.4 Å². The number of rotatable bonds is 7. The van der Waals surface area contributed by atoms with Gasteiger partial charge in [0.1, 0.15) is 0 Å². The smallest absolute Gasteiger partial charge is 0.337 e. The second kappa shape index (κ2) is 8.26. The summed E-state index contributed by atoms with van der Waals surface area (Å²) in [6.45, 7) is 0.439. The van der Waals surface area contributed by atoms with Crippen LogP contribution in [-0.4, -0.2) is 28.0 Å². The van der Waals surface area contributed by atoms with Crippen molar-refractivity contribution >= 4 is 16.0 Å². The highest BCUT2D eigenvalue weighted by molar-refractivity contribution is 7.88. The molecule has 0 amide bonds. The molecule has 0 aromatic heterocycles. The van der Waals surface area contributed by atoms with E-state index in [4.69, 9.17) is 0 Å². The molecule has 23 heavy (non-hydrogen) atoms. The molecule has 0 saturated carbocycles. The maximum absolute atomic E-state index is 12.1. The van der Waals surface area contributed by atoms with Crippen molar-refractivity contribution in [2.24, 2.45) is 0 Å². The molecule has 1 aromatic rings. The molecule has 0 heterocycles. The van der Waals surface area contributed by atoms with E-state index < -0.39 is 16.0 Å². The molecule has 0 bridgehead atoms. The predicted octanol–water partition coefficient (Wildman–Crippen LogP) is 2.78. The van der Waals surface area contributed by atoms with Crippen molar-refractivity contribution in [3.63, 3.8) is 0 Å². The Hall–Kier alpha value is -1.66. The van der Waals surface area contributed by atoms with Gasteiger partial charge in [0, 0.05) is 6.54 Å². The van der Waals surface area contributed by atoms with Crippen LogP contribution in [0.3, 0.4) is 0 Å². The van der Waals surface area contributed by atoms with Gasteiger partial charge in [-0.1, -0.05) is 23.8 Å². The first-order chi connectivity index (χ1) is 11.0. The highest BCUT2D eigenvalue weighted by atomic mass is 32.2. The molecule has 2 rings (SSSR count). The Bertz CT molecular complexity index is 662. The molecule has 6 heteroatoms. The Morgan fingerprint density at radius 1 is 1.22 bits per heavy atom. The number of nitrogens with one attached hydrogen (secondary N) is 1. The average Bonchev–Trinajstić information content (AvgIpc) is 2.55. The highest BCUT2D eigenvalue weighted by Crippen LogP contribution is 2.19. The van der Waals surface area contributed by atoms with Gasteiger partial charge in [-0.2, -0.15) is 0 Å². The third kappa shape index (κ3) is 5.80. The fourth-order valence-electron chi connectivity index (χ4n) is 2.62.